The lowest BCUT2D eigenvalue weighted by Gasteiger charge is -2.40. The number of nitrogens with two attached hydrogens (primary N) is 1. The molecule has 2 N–H and O–H groups in total. The molecule has 1 aliphatic rings. The summed E-state index contributed by atoms with van der Waals surface area (Å²) in [5, 5.41) is 0. The summed E-state index contributed by atoms with van der Waals surface area (Å²) >= 11 is 0. The first kappa shape index (κ1) is 15.5. The molecule has 0 saturated carbocycles. The molecule has 0 aromatic heterocycles. The molecule has 2 rings (SSSR count). The molecule has 0 radical (unpaired) electrons. The summed E-state index contributed by atoms with van der Waals surface area (Å²) in [5.74, 6) is 0.805. The van der Waals surface area contributed by atoms with E-state index in [0.717, 1.165) is 12.5 Å². The number of hydrogen-bond donors (Lipinski definition) is 1. The first-order chi connectivity index (χ1) is 9.71. The Balaban J connectivity index is 2.12. The van der Waals surface area contributed by atoms with Gasteiger partial charge in [0.15, 0.2) is 0 Å². The molecule has 2 unspecified atom stereocenters. The van der Waals surface area contributed by atoms with Gasteiger partial charge in [-0.2, -0.15) is 0 Å². The molecule has 0 saturated heterocycles. The monoisotopic (exact) mass is 274 g/mol. The molecule has 1 aliphatic carbocycles. The Kier molecular flexibility index (Phi) is 5.62. The molecule has 0 spiro atoms. The fourth-order valence-corrected chi connectivity index (χ4v) is 3.56. The van der Waals surface area contributed by atoms with Crippen molar-refractivity contribution in [3.05, 3.63) is 35.4 Å². The summed E-state index contributed by atoms with van der Waals surface area (Å²) in [5.41, 5.74) is 9.40. The summed E-state index contributed by atoms with van der Waals surface area (Å²) in [6.07, 6.45) is 4.91. The van der Waals surface area contributed by atoms with Crippen LogP contribution in [0.3, 0.4) is 0 Å². The van der Waals surface area contributed by atoms with Gasteiger partial charge in [-0.25, -0.2) is 0 Å². The van der Waals surface area contributed by atoms with Gasteiger partial charge in [0.2, 0.25) is 0 Å². The molecule has 20 heavy (non-hydrogen) atoms. The van der Waals surface area contributed by atoms with Gasteiger partial charge in [-0.3, -0.25) is 4.90 Å². The Morgan fingerprint density at radius 2 is 1.90 bits per heavy atom. The molecule has 1 aromatic carbocycles. The fourth-order valence-electron chi connectivity index (χ4n) is 3.56. The van der Waals surface area contributed by atoms with Gasteiger partial charge in [-0.1, -0.05) is 57.9 Å². The zero-order valence-electron chi connectivity index (χ0n) is 13.3. The number of rotatable bonds is 6. The first-order valence-electron chi connectivity index (χ1n) is 8.28. The van der Waals surface area contributed by atoms with Crippen molar-refractivity contribution >= 4 is 0 Å². The normalized spacial score (nSPS) is 22.3. The second-order valence-electron chi connectivity index (χ2n) is 6.10. The van der Waals surface area contributed by atoms with E-state index in [4.69, 9.17) is 5.73 Å². The number of hydrogen-bond acceptors (Lipinski definition) is 2. The molecule has 0 bridgehead atoms. The van der Waals surface area contributed by atoms with Crippen LogP contribution >= 0.6 is 0 Å². The van der Waals surface area contributed by atoms with E-state index in [1.54, 1.807) is 0 Å². The van der Waals surface area contributed by atoms with Gasteiger partial charge in [0.25, 0.3) is 0 Å². The van der Waals surface area contributed by atoms with Gasteiger partial charge in [0.1, 0.15) is 0 Å². The highest BCUT2D eigenvalue weighted by Gasteiger charge is 2.30. The predicted octanol–water partition coefficient (Wildman–Crippen LogP) is 3.76. The average Bonchev–Trinajstić information content (AvgIpc) is 2.50. The van der Waals surface area contributed by atoms with Crippen molar-refractivity contribution < 1.29 is 0 Å². The van der Waals surface area contributed by atoms with Crippen molar-refractivity contribution in [3.63, 3.8) is 0 Å². The molecule has 2 heteroatoms. The predicted molar refractivity (Wildman–Crippen MR) is 86.8 cm³/mol. The van der Waals surface area contributed by atoms with E-state index in [1.807, 2.05) is 0 Å². The highest BCUT2D eigenvalue weighted by molar-refractivity contribution is 5.33. The number of benzene rings is 1. The van der Waals surface area contributed by atoms with Crippen LogP contribution in [0.25, 0.3) is 0 Å². The van der Waals surface area contributed by atoms with Crippen LogP contribution in [0.4, 0.5) is 0 Å². The SMILES string of the molecule is CCC(CC)CN(CC)C1CCc2ccccc2C1N. The maximum absolute atomic E-state index is 6.58. The van der Waals surface area contributed by atoms with Crippen LogP contribution in [0.2, 0.25) is 0 Å². The lowest BCUT2D eigenvalue weighted by molar-refractivity contribution is 0.135. The largest absolute Gasteiger partial charge is 0.323 e. The fraction of sp³-hybridized carbons (Fsp3) is 0.667. The zero-order chi connectivity index (χ0) is 14.5. The highest BCUT2D eigenvalue weighted by atomic mass is 15.2. The maximum Gasteiger partial charge on any atom is 0.0455 e. The smallest absolute Gasteiger partial charge is 0.0455 e. The standard InChI is InChI=1S/C18H30N2/c1-4-14(5-2)13-20(6-3)17-12-11-15-9-7-8-10-16(15)18(17)19/h7-10,14,17-18H,4-6,11-13,19H2,1-3H3. The average molecular weight is 274 g/mol. The van der Waals surface area contributed by atoms with E-state index in [9.17, 15) is 0 Å². The van der Waals surface area contributed by atoms with Crippen molar-refractivity contribution in [2.45, 2.75) is 58.5 Å². The second-order valence-corrected chi connectivity index (χ2v) is 6.10. The Hall–Kier alpha value is -0.860. The Morgan fingerprint density at radius 1 is 1.20 bits per heavy atom. The van der Waals surface area contributed by atoms with Crippen molar-refractivity contribution in [2.75, 3.05) is 13.1 Å². The van der Waals surface area contributed by atoms with Crippen LogP contribution in [0.15, 0.2) is 24.3 Å². The molecular formula is C18H30N2. The quantitative estimate of drug-likeness (QED) is 0.856. The van der Waals surface area contributed by atoms with E-state index in [0.29, 0.717) is 6.04 Å². The van der Waals surface area contributed by atoms with Crippen molar-refractivity contribution in [3.8, 4) is 0 Å². The number of likely N-dealkylation sites (N-methyl/N-ethyl adjacent to an activating group) is 1. The van der Waals surface area contributed by atoms with Crippen LogP contribution < -0.4 is 5.73 Å². The summed E-state index contributed by atoms with van der Waals surface area (Å²) in [7, 11) is 0. The first-order valence-corrected chi connectivity index (χ1v) is 8.28. The molecule has 0 heterocycles. The van der Waals surface area contributed by atoms with Gasteiger partial charge in [-0.05, 0) is 36.4 Å². The molecule has 112 valence electrons. The third kappa shape index (κ3) is 3.24. The third-order valence-electron chi connectivity index (χ3n) is 5.06. The lowest BCUT2D eigenvalue weighted by atomic mass is 9.83. The van der Waals surface area contributed by atoms with Crippen molar-refractivity contribution in [1.82, 2.24) is 4.90 Å². The molecule has 2 atom stereocenters. The Labute approximate surface area is 124 Å². The van der Waals surface area contributed by atoms with Crippen LogP contribution in [0.5, 0.6) is 0 Å². The third-order valence-corrected chi connectivity index (χ3v) is 5.06. The van der Waals surface area contributed by atoms with Gasteiger partial charge < -0.3 is 5.73 Å². The van der Waals surface area contributed by atoms with Crippen molar-refractivity contribution in [2.24, 2.45) is 11.7 Å². The summed E-state index contributed by atoms with van der Waals surface area (Å²) < 4.78 is 0. The molecule has 0 fully saturated rings. The van der Waals surface area contributed by atoms with Crippen LogP contribution in [0, 0.1) is 5.92 Å². The molecular weight excluding hydrogens is 244 g/mol. The molecule has 0 aliphatic heterocycles. The van der Waals surface area contributed by atoms with E-state index in [2.05, 4.69) is 49.9 Å². The maximum atomic E-state index is 6.58. The van der Waals surface area contributed by atoms with E-state index < -0.39 is 0 Å². The topological polar surface area (TPSA) is 29.3 Å². The van der Waals surface area contributed by atoms with E-state index in [1.165, 1.54) is 43.4 Å². The molecule has 2 nitrogen and oxygen atoms in total. The number of nitrogens with zero attached hydrogens (tertiary/aromatic N) is 1. The number of fused-ring (bicyclic) bond motifs is 1. The van der Waals surface area contributed by atoms with Crippen LogP contribution in [-0.4, -0.2) is 24.0 Å². The van der Waals surface area contributed by atoms with Gasteiger partial charge in [-0.15, -0.1) is 0 Å². The molecule has 1 aromatic rings. The molecule has 0 amide bonds. The van der Waals surface area contributed by atoms with E-state index >= 15 is 0 Å². The Morgan fingerprint density at radius 3 is 2.55 bits per heavy atom. The lowest BCUT2D eigenvalue weighted by Crippen LogP contribution is -2.47. The van der Waals surface area contributed by atoms with Gasteiger partial charge in [0, 0.05) is 18.6 Å². The van der Waals surface area contributed by atoms with Crippen LogP contribution in [-0.2, 0) is 6.42 Å². The number of aryl methyl sites for hydroxylation is 1. The van der Waals surface area contributed by atoms with Gasteiger partial charge >= 0.3 is 0 Å². The van der Waals surface area contributed by atoms with Crippen molar-refractivity contribution in [1.29, 1.82) is 0 Å². The minimum atomic E-state index is 0.175. The minimum Gasteiger partial charge on any atom is -0.323 e. The summed E-state index contributed by atoms with van der Waals surface area (Å²) in [6.45, 7) is 9.19. The van der Waals surface area contributed by atoms with E-state index in [-0.39, 0.29) is 6.04 Å². The second kappa shape index (κ2) is 7.24. The highest BCUT2D eigenvalue weighted by Crippen LogP contribution is 2.31. The zero-order valence-corrected chi connectivity index (χ0v) is 13.3. The summed E-state index contributed by atoms with van der Waals surface area (Å²) in [6, 6.07) is 9.40. The van der Waals surface area contributed by atoms with Gasteiger partial charge in [0.05, 0.1) is 0 Å². The Bertz CT molecular complexity index is 412. The van der Waals surface area contributed by atoms with Crippen LogP contribution in [0.1, 0.15) is 57.2 Å². The summed E-state index contributed by atoms with van der Waals surface area (Å²) in [4.78, 5) is 2.62. The minimum absolute atomic E-state index is 0.175.